The number of methoxy groups -OCH3 is 1. The molecule has 4 heteroatoms. The minimum absolute atomic E-state index is 0.156. The summed E-state index contributed by atoms with van der Waals surface area (Å²) < 4.78 is 17.2. The van der Waals surface area contributed by atoms with Crippen LogP contribution in [0.4, 0.5) is 0 Å². The second-order valence-corrected chi connectivity index (χ2v) is 5.04. The van der Waals surface area contributed by atoms with E-state index in [1.54, 1.807) is 7.11 Å². The molecule has 0 saturated carbocycles. The highest BCUT2D eigenvalue weighted by Crippen LogP contribution is 2.42. The van der Waals surface area contributed by atoms with Crippen LogP contribution < -0.4 is 14.2 Å². The first-order chi connectivity index (χ1) is 10.3. The molecule has 1 unspecified atom stereocenters. The number of benzene rings is 1. The van der Waals surface area contributed by atoms with E-state index in [2.05, 4.69) is 24.0 Å². The van der Waals surface area contributed by atoms with E-state index >= 15 is 0 Å². The summed E-state index contributed by atoms with van der Waals surface area (Å²) in [6.45, 7) is 2.63. The van der Waals surface area contributed by atoms with Crippen molar-refractivity contribution in [3.8, 4) is 17.2 Å². The molecule has 0 radical (unpaired) electrons. The number of ether oxygens (including phenoxy) is 3. The Hall–Kier alpha value is -2.23. The van der Waals surface area contributed by atoms with E-state index in [0.717, 1.165) is 29.8 Å². The molecule has 110 valence electrons. The molecule has 0 amide bonds. The van der Waals surface area contributed by atoms with Gasteiger partial charge < -0.3 is 14.2 Å². The topological polar surface area (TPSA) is 40.6 Å². The van der Waals surface area contributed by atoms with Gasteiger partial charge in [-0.3, -0.25) is 4.98 Å². The molecule has 2 aromatic rings. The number of fused-ring (bicyclic) bond motifs is 1. The van der Waals surface area contributed by atoms with Gasteiger partial charge >= 0.3 is 0 Å². The molecule has 0 saturated heterocycles. The van der Waals surface area contributed by atoms with Crippen molar-refractivity contribution < 1.29 is 14.2 Å². The quantitative estimate of drug-likeness (QED) is 0.861. The molecule has 21 heavy (non-hydrogen) atoms. The molecule has 3 rings (SSSR count). The Morgan fingerprint density at radius 1 is 1.29 bits per heavy atom. The molecule has 4 nitrogen and oxygen atoms in total. The average Bonchev–Trinajstić information content (AvgIpc) is 2.55. The summed E-state index contributed by atoms with van der Waals surface area (Å²) in [5, 5.41) is 0. The summed E-state index contributed by atoms with van der Waals surface area (Å²) in [4.78, 5) is 4.48. The third kappa shape index (κ3) is 2.79. The van der Waals surface area contributed by atoms with Crippen molar-refractivity contribution in [1.29, 1.82) is 0 Å². The molecule has 1 aromatic heterocycles. The zero-order valence-electron chi connectivity index (χ0n) is 12.3. The zero-order chi connectivity index (χ0) is 14.7. The van der Waals surface area contributed by atoms with Gasteiger partial charge in [-0.2, -0.15) is 0 Å². The van der Waals surface area contributed by atoms with E-state index in [0.29, 0.717) is 18.1 Å². The molecule has 2 heterocycles. The lowest BCUT2D eigenvalue weighted by atomic mass is 10.1. The van der Waals surface area contributed by atoms with Gasteiger partial charge in [-0.05, 0) is 24.6 Å². The molecule has 0 bridgehead atoms. The normalized spacial score (nSPS) is 16.6. The first-order valence-corrected chi connectivity index (χ1v) is 7.23. The van der Waals surface area contributed by atoms with E-state index in [1.165, 1.54) is 0 Å². The molecular weight excluding hydrogens is 266 g/mol. The van der Waals surface area contributed by atoms with Crippen LogP contribution >= 0.6 is 0 Å². The van der Waals surface area contributed by atoms with Crippen LogP contribution in [0.2, 0.25) is 0 Å². The van der Waals surface area contributed by atoms with Gasteiger partial charge in [0.2, 0.25) is 5.75 Å². The van der Waals surface area contributed by atoms with Crippen LogP contribution in [0.25, 0.3) is 0 Å². The van der Waals surface area contributed by atoms with Crippen LogP contribution in [0.1, 0.15) is 30.7 Å². The highest BCUT2D eigenvalue weighted by molar-refractivity contribution is 5.52. The molecule has 0 aliphatic carbocycles. The lowest BCUT2D eigenvalue weighted by Crippen LogP contribution is -2.22. The monoisotopic (exact) mass is 285 g/mol. The fourth-order valence-corrected chi connectivity index (χ4v) is 2.42. The number of aryl methyl sites for hydroxylation is 1. The van der Waals surface area contributed by atoms with Gasteiger partial charge in [-0.1, -0.05) is 25.5 Å². The highest BCUT2D eigenvalue weighted by atomic mass is 16.6. The van der Waals surface area contributed by atoms with Crippen molar-refractivity contribution in [3.63, 3.8) is 0 Å². The molecule has 0 N–H and O–H groups in total. The number of aromatic nitrogens is 1. The number of hydrogen-bond donors (Lipinski definition) is 0. The Balaban J connectivity index is 1.82. The largest absolute Gasteiger partial charge is 0.493 e. The molecule has 1 aliphatic rings. The maximum absolute atomic E-state index is 6.05. The van der Waals surface area contributed by atoms with E-state index < -0.39 is 0 Å². The lowest BCUT2D eigenvalue weighted by Gasteiger charge is -2.27. The number of pyridine rings is 1. The third-order valence-corrected chi connectivity index (χ3v) is 3.54. The average molecular weight is 285 g/mol. The molecule has 0 spiro atoms. The van der Waals surface area contributed by atoms with Crippen LogP contribution in [-0.4, -0.2) is 18.7 Å². The Bertz CT molecular complexity index is 596. The fraction of sp³-hybridized carbons (Fsp3) is 0.353. The minimum Gasteiger partial charge on any atom is -0.493 e. The second-order valence-electron chi connectivity index (χ2n) is 5.04. The van der Waals surface area contributed by atoms with Crippen molar-refractivity contribution >= 4 is 0 Å². The maximum atomic E-state index is 6.05. The van der Waals surface area contributed by atoms with E-state index in [-0.39, 0.29) is 6.10 Å². The highest BCUT2D eigenvalue weighted by Gasteiger charge is 2.25. The summed E-state index contributed by atoms with van der Waals surface area (Å²) >= 11 is 0. The third-order valence-electron chi connectivity index (χ3n) is 3.54. The zero-order valence-corrected chi connectivity index (χ0v) is 12.3. The Labute approximate surface area is 124 Å². The van der Waals surface area contributed by atoms with E-state index in [9.17, 15) is 0 Å². The number of hydrogen-bond acceptors (Lipinski definition) is 4. The number of para-hydroxylation sites is 1. The van der Waals surface area contributed by atoms with Gasteiger partial charge in [0, 0.05) is 17.5 Å². The molecular formula is C17H19NO3. The van der Waals surface area contributed by atoms with Crippen molar-refractivity contribution in [3.05, 3.63) is 47.8 Å². The van der Waals surface area contributed by atoms with Crippen LogP contribution in [0.5, 0.6) is 17.2 Å². The van der Waals surface area contributed by atoms with Gasteiger partial charge in [0.25, 0.3) is 0 Å². The number of rotatable bonds is 4. The maximum Gasteiger partial charge on any atom is 0.204 e. The predicted molar refractivity (Wildman–Crippen MR) is 80.1 cm³/mol. The van der Waals surface area contributed by atoms with Crippen LogP contribution in [0.3, 0.4) is 0 Å². The van der Waals surface area contributed by atoms with Gasteiger partial charge in [0.15, 0.2) is 17.6 Å². The molecule has 1 aliphatic heterocycles. The van der Waals surface area contributed by atoms with Crippen LogP contribution in [0, 0.1) is 0 Å². The second kappa shape index (κ2) is 6.04. The summed E-state index contributed by atoms with van der Waals surface area (Å²) in [5.41, 5.74) is 2.13. The summed E-state index contributed by atoms with van der Waals surface area (Å²) in [6.07, 6.45) is 3.82. The van der Waals surface area contributed by atoms with Crippen LogP contribution in [0.15, 0.2) is 36.5 Å². The fourth-order valence-electron chi connectivity index (χ4n) is 2.42. The van der Waals surface area contributed by atoms with Gasteiger partial charge in [0.05, 0.1) is 7.11 Å². The standard InChI is InChI=1S/C17H19NO3/c1-3-5-13-9-8-12(10-18-13)16-11-20-15-7-4-6-14(19-2)17(15)21-16/h4,6-10,16H,3,5,11H2,1-2H3. The van der Waals surface area contributed by atoms with E-state index in [1.807, 2.05) is 24.4 Å². The Morgan fingerprint density at radius 3 is 2.90 bits per heavy atom. The van der Waals surface area contributed by atoms with Crippen molar-refractivity contribution in [2.75, 3.05) is 13.7 Å². The predicted octanol–water partition coefficient (Wildman–Crippen LogP) is 3.56. The molecule has 1 atom stereocenters. The smallest absolute Gasteiger partial charge is 0.204 e. The summed E-state index contributed by atoms with van der Waals surface area (Å²) in [6, 6.07) is 9.76. The van der Waals surface area contributed by atoms with Crippen LogP contribution in [-0.2, 0) is 6.42 Å². The molecule has 0 fully saturated rings. The first kappa shape index (κ1) is 13.7. The Morgan fingerprint density at radius 2 is 2.19 bits per heavy atom. The molecule has 1 aromatic carbocycles. The van der Waals surface area contributed by atoms with Crippen molar-refractivity contribution in [2.45, 2.75) is 25.9 Å². The summed E-state index contributed by atoms with van der Waals surface area (Å²) in [7, 11) is 1.63. The van der Waals surface area contributed by atoms with Gasteiger partial charge in [-0.15, -0.1) is 0 Å². The SMILES string of the molecule is CCCc1ccc(C2COc3cccc(OC)c3O2)cn1. The van der Waals surface area contributed by atoms with Gasteiger partial charge in [0.1, 0.15) is 6.61 Å². The van der Waals surface area contributed by atoms with E-state index in [4.69, 9.17) is 14.2 Å². The number of nitrogens with zero attached hydrogens (tertiary/aromatic N) is 1. The van der Waals surface area contributed by atoms with Crippen molar-refractivity contribution in [2.24, 2.45) is 0 Å². The first-order valence-electron chi connectivity index (χ1n) is 7.23. The Kier molecular flexibility index (Phi) is 3.95. The minimum atomic E-state index is -0.156. The van der Waals surface area contributed by atoms with Crippen molar-refractivity contribution in [1.82, 2.24) is 4.98 Å². The summed E-state index contributed by atoms with van der Waals surface area (Å²) in [5.74, 6) is 2.07. The van der Waals surface area contributed by atoms with Gasteiger partial charge in [-0.25, -0.2) is 0 Å². The lowest BCUT2D eigenvalue weighted by molar-refractivity contribution is 0.0869.